The molecule has 0 aliphatic heterocycles. The molecule has 0 aliphatic carbocycles. The van der Waals surface area contributed by atoms with Crippen LogP contribution in [0.2, 0.25) is 0 Å². The van der Waals surface area contributed by atoms with E-state index in [1.54, 1.807) is 0 Å². The van der Waals surface area contributed by atoms with Crippen LogP contribution in [0.4, 0.5) is 20.3 Å². The first kappa shape index (κ1) is 12.7. The molecule has 1 heterocycles. The van der Waals surface area contributed by atoms with Gasteiger partial charge in [0.25, 0.3) is 6.43 Å². The summed E-state index contributed by atoms with van der Waals surface area (Å²) in [5.74, 6) is -2.07. The first-order valence-electron chi connectivity index (χ1n) is 4.19. The van der Waals surface area contributed by atoms with Crippen LogP contribution in [0.25, 0.3) is 0 Å². The Labute approximate surface area is 93.3 Å². The minimum atomic E-state index is -3.22. The van der Waals surface area contributed by atoms with Crippen molar-refractivity contribution in [1.82, 2.24) is 4.98 Å². The zero-order valence-corrected chi connectivity index (χ0v) is 8.52. The molecule has 0 unspecified atom stereocenters. The fraction of sp³-hybridized carbons (Fsp3) is 0.250. The molecule has 0 saturated heterocycles. The average molecular weight is 247 g/mol. The molecule has 0 amide bonds. The van der Waals surface area contributed by atoms with Gasteiger partial charge in [-0.05, 0) is 9.91 Å². The van der Waals surface area contributed by atoms with Crippen LogP contribution in [0.1, 0.15) is 22.3 Å². The number of carbonyl (C=O) groups is 1. The van der Waals surface area contributed by atoms with Gasteiger partial charge in [-0.3, -0.25) is 0 Å². The minimum Gasteiger partial charge on any atom is -0.465 e. The lowest BCUT2D eigenvalue weighted by molar-refractivity contribution is -0.390. The van der Waals surface area contributed by atoms with E-state index >= 15 is 0 Å². The lowest BCUT2D eigenvalue weighted by Gasteiger charge is -2.07. The molecule has 0 aliphatic rings. The van der Waals surface area contributed by atoms with Crippen molar-refractivity contribution in [1.29, 1.82) is 0 Å². The smallest absolute Gasteiger partial charge is 0.374 e. The van der Waals surface area contributed by atoms with E-state index in [0.29, 0.717) is 0 Å². The van der Waals surface area contributed by atoms with Gasteiger partial charge in [-0.2, -0.15) is 0 Å². The summed E-state index contributed by atoms with van der Waals surface area (Å²) in [5, 5.41) is 10.5. The molecule has 0 aromatic carbocycles. The molecule has 0 atom stereocenters. The third kappa shape index (κ3) is 2.27. The quantitative estimate of drug-likeness (QED) is 0.489. The highest BCUT2D eigenvalue weighted by molar-refractivity contribution is 5.96. The highest BCUT2D eigenvalue weighted by Gasteiger charge is 2.30. The maximum atomic E-state index is 12.6. The number of pyridine rings is 1. The standard InChI is InChI=1S/C8H7F2N3O4/c1-17-8(14)3-2-12-7(13(15)16)4(5(3)11)6(9)10/h2,6H,1H3,(H2,11,12). The lowest BCUT2D eigenvalue weighted by Crippen LogP contribution is -2.11. The Morgan fingerprint density at radius 1 is 1.65 bits per heavy atom. The summed E-state index contributed by atoms with van der Waals surface area (Å²) in [5.41, 5.74) is 3.05. The van der Waals surface area contributed by atoms with Gasteiger partial charge >= 0.3 is 11.8 Å². The van der Waals surface area contributed by atoms with Crippen LogP contribution in [0, 0.1) is 10.1 Å². The van der Waals surface area contributed by atoms with Gasteiger partial charge in [0.2, 0.25) is 0 Å². The fourth-order valence-corrected chi connectivity index (χ4v) is 1.16. The number of methoxy groups -OCH3 is 1. The van der Waals surface area contributed by atoms with Crippen LogP contribution in [0.3, 0.4) is 0 Å². The van der Waals surface area contributed by atoms with Crippen molar-refractivity contribution in [3.8, 4) is 0 Å². The zero-order valence-electron chi connectivity index (χ0n) is 8.52. The van der Waals surface area contributed by atoms with E-state index < -0.39 is 40.0 Å². The van der Waals surface area contributed by atoms with Crippen molar-refractivity contribution in [3.63, 3.8) is 0 Å². The number of halogens is 2. The summed E-state index contributed by atoms with van der Waals surface area (Å²) in [7, 11) is 1.02. The molecule has 1 aromatic heterocycles. The van der Waals surface area contributed by atoms with Crippen LogP contribution < -0.4 is 5.73 Å². The van der Waals surface area contributed by atoms with Crippen molar-refractivity contribution in [2.24, 2.45) is 0 Å². The molecule has 92 valence electrons. The Hall–Kier alpha value is -2.32. The summed E-state index contributed by atoms with van der Waals surface area (Å²) in [6.07, 6.45) is -2.49. The summed E-state index contributed by atoms with van der Waals surface area (Å²) >= 11 is 0. The van der Waals surface area contributed by atoms with Gasteiger partial charge in [-0.1, -0.05) is 0 Å². The topological polar surface area (TPSA) is 108 Å². The van der Waals surface area contributed by atoms with Crippen LogP contribution in [0.15, 0.2) is 6.20 Å². The number of nitro groups is 1. The van der Waals surface area contributed by atoms with Gasteiger partial charge in [-0.25, -0.2) is 13.6 Å². The van der Waals surface area contributed by atoms with Gasteiger partial charge in [0.15, 0.2) is 6.20 Å². The molecule has 7 nitrogen and oxygen atoms in total. The van der Waals surface area contributed by atoms with Crippen molar-refractivity contribution >= 4 is 17.5 Å². The molecule has 17 heavy (non-hydrogen) atoms. The number of anilines is 1. The van der Waals surface area contributed by atoms with E-state index in [-0.39, 0.29) is 0 Å². The van der Waals surface area contributed by atoms with E-state index in [2.05, 4.69) is 9.72 Å². The molecule has 0 radical (unpaired) electrons. The van der Waals surface area contributed by atoms with E-state index in [1.807, 2.05) is 0 Å². The Balaban J connectivity index is 3.49. The Kier molecular flexibility index (Phi) is 3.51. The Bertz CT molecular complexity index is 478. The van der Waals surface area contributed by atoms with Crippen LogP contribution in [-0.2, 0) is 4.74 Å². The van der Waals surface area contributed by atoms with Gasteiger partial charge in [0.1, 0.15) is 11.1 Å². The summed E-state index contributed by atoms with van der Waals surface area (Å²) in [6.45, 7) is 0. The molecule has 0 spiro atoms. The number of esters is 1. The summed E-state index contributed by atoms with van der Waals surface area (Å²) in [4.78, 5) is 23.7. The summed E-state index contributed by atoms with van der Waals surface area (Å²) in [6, 6.07) is 0. The van der Waals surface area contributed by atoms with E-state index in [9.17, 15) is 23.7 Å². The molecule has 0 fully saturated rings. The number of nitrogen functional groups attached to an aromatic ring is 1. The Morgan fingerprint density at radius 2 is 2.24 bits per heavy atom. The molecule has 9 heteroatoms. The number of nitrogens with zero attached hydrogens (tertiary/aromatic N) is 2. The van der Waals surface area contributed by atoms with Crippen molar-refractivity contribution in [2.75, 3.05) is 12.8 Å². The third-order valence-electron chi connectivity index (χ3n) is 1.93. The molecule has 1 rings (SSSR count). The van der Waals surface area contributed by atoms with Crippen molar-refractivity contribution in [3.05, 3.63) is 27.4 Å². The normalized spacial score (nSPS) is 10.4. The van der Waals surface area contributed by atoms with Gasteiger partial charge in [0, 0.05) is 0 Å². The first-order valence-corrected chi connectivity index (χ1v) is 4.19. The van der Waals surface area contributed by atoms with Crippen molar-refractivity contribution in [2.45, 2.75) is 6.43 Å². The first-order chi connectivity index (χ1) is 7.90. The molecule has 0 bridgehead atoms. The number of alkyl halides is 2. The largest absolute Gasteiger partial charge is 0.465 e. The molecule has 2 N–H and O–H groups in total. The molecule has 1 aromatic rings. The van der Waals surface area contributed by atoms with Gasteiger partial charge in [0.05, 0.1) is 12.8 Å². The van der Waals surface area contributed by atoms with Crippen molar-refractivity contribution < 1.29 is 23.2 Å². The number of aromatic nitrogens is 1. The highest BCUT2D eigenvalue weighted by Crippen LogP contribution is 2.34. The molecule has 0 saturated carbocycles. The fourth-order valence-electron chi connectivity index (χ4n) is 1.16. The maximum absolute atomic E-state index is 12.6. The predicted octanol–water partition coefficient (Wildman–Crippen LogP) is 1.30. The molecular weight excluding hydrogens is 240 g/mol. The van der Waals surface area contributed by atoms with Crippen LogP contribution in [0.5, 0.6) is 0 Å². The molecular formula is C8H7F2N3O4. The van der Waals surface area contributed by atoms with E-state index in [0.717, 1.165) is 13.3 Å². The maximum Gasteiger partial charge on any atom is 0.374 e. The summed E-state index contributed by atoms with van der Waals surface area (Å²) < 4.78 is 29.5. The number of carbonyl (C=O) groups excluding carboxylic acids is 1. The highest BCUT2D eigenvalue weighted by atomic mass is 19.3. The minimum absolute atomic E-state index is 0.437. The van der Waals surface area contributed by atoms with E-state index in [4.69, 9.17) is 5.73 Å². The van der Waals surface area contributed by atoms with Crippen LogP contribution in [-0.4, -0.2) is 23.0 Å². The van der Waals surface area contributed by atoms with Gasteiger partial charge < -0.3 is 20.6 Å². The second-order valence-corrected chi connectivity index (χ2v) is 2.87. The second-order valence-electron chi connectivity index (χ2n) is 2.87. The number of hydrogen-bond donors (Lipinski definition) is 1. The second kappa shape index (κ2) is 4.68. The predicted molar refractivity (Wildman–Crippen MR) is 51.6 cm³/mol. The van der Waals surface area contributed by atoms with Gasteiger partial charge in [-0.15, -0.1) is 0 Å². The SMILES string of the molecule is COC(=O)c1cnc([N+](=O)[O-])c(C(F)F)c1N. The number of nitrogens with two attached hydrogens (primary N) is 1. The lowest BCUT2D eigenvalue weighted by atomic mass is 10.1. The number of ether oxygens (including phenoxy) is 1. The Morgan fingerprint density at radius 3 is 2.65 bits per heavy atom. The third-order valence-corrected chi connectivity index (χ3v) is 1.93. The zero-order chi connectivity index (χ0) is 13.2. The van der Waals surface area contributed by atoms with Crippen LogP contribution >= 0.6 is 0 Å². The van der Waals surface area contributed by atoms with E-state index in [1.165, 1.54) is 0 Å². The number of hydrogen-bond acceptors (Lipinski definition) is 6. The monoisotopic (exact) mass is 247 g/mol. The number of rotatable bonds is 3. The average Bonchev–Trinajstić information content (AvgIpc) is 2.26.